The van der Waals surface area contributed by atoms with Gasteiger partial charge >= 0.3 is 0 Å². The monoisotopic (exact) mass is 816 g/mol. The molecule has 0 aromatic rings. The van der Waals surface area contributed by atoms with Crippen LogP contribution in [0, 0.1) is 0 Å². The average Bonchev–Trinajstić information content (AvgIpc) is 3.87. The molecule has 0 nitrogen and oxygen atoms in total. The summed E-state index contributed by atoms with van der Waals surface area (Å²) in [5.41, 5.74) is 0. The second-order valence-electron chi connectivity index (χ2n) is 6.36. The minimum atomic E-state index is 1.43. The molecule has 0 spiro atoms. The first-order valence-corrected chi connectivity index (χ1v) is 24.8. The van der Waals surface area contributed by atoms with Gasteiger partial charge in [-0.15, -0.1) is 0 Å². The van der Waals surface area contributed by atoms with Crippen LogP contribution >= 0.6 is 188 Å². The summed E-state index contributed by atoms with van der Waals surface area (Å²) in [5, 5.41) is 34.1. The van der Waals surface area contributed by atoms with Crippen LogP contribution in [-0.4, -0.2) is 0 Å². The van der Waals surface area contributed by atoms with Crippen molar-refractivity contribution in [2.45, 2.75) is 0 Å². The van der Waals surface area contributed by atoms with Crippen LogP contribution in [0.25, 0.3) is 0 Å². The average molecular weight is 817 g/mol. The Balaban J connectivity index is 0.000000108. The maximum Gasteiger partial charge on any atom is 0.0694 e. The lowest BCUT2D eigenvalue weighted by Gasteiger charge is -1.97. The zero-order chi connectivity index (χ0) is 27.2. The van der Waals surface area contributed by atoms with Gasteiger partial charge in [-0.05, 0) is 86.5 Å². The summed E-state index contributed by atoms with van der Waals surface area (Å²) >= 11 is 29.1. The highest BCUT2D eigenvalue weighted by molar-refractivity contribution is 8.35. The van der Waals surface area contributed by atoms with E-state index in [9.17, 15) is 0 Å². The molecule has 208 valence electrons. The van der Waals surface area contributed by atoms with E-state index >= 15 is 0 Å². The topological polar surface area (TPSA) is 0 Å². The van der Waals surface area contributed by atoms with Gasteiger partial charge in [0.25, 0.3) is 0 Å². The molecule has 0 aliphatic carbocycles. The lowest BCUT2D eigenvalue weighted by Crippen LogP contribution is -1.62. The Hall–Kier alpha value is 2.48. The van der Waals surface area contributed by atoms with E-state index in [0.717, 1.165) is 0 Å². The van der Waals surface area contributed by atoms with E-state index in [2.05, 4.69) is 86.5 Å². The first-order chi connectivity index (χ1) is 19.9. The van der Waals surface area contributed by atoms with Gasteiger partial charge in [0.2, 0.25) is 0 Å². The quantitative estimate of drug-likeness (QED) is 0.227. The van der Waals surface area contributed by atoms with Gasteiger partial charge in [-0.3, -0.25) is 0 Å². The van der Waals surface area contributed by atoms with E-state index in [1.807, 2.05) is 188 Å². The van der Waals surface area contributed by atoms with E-state index in [1.54, 1.807) is 0 Å². The summed E-state index contributed by atoms with van der Waals surface area (Å²) in [6.45, 7) is 0. The van der Waals surface area contributed by atoms with Crippen molar-refractivity contribution in [1.29, 1.82) is 0 Å². The lowest BCUT2D eigenvalue weighted by molar-refractivity contribution is 2.38. The minimum absolute atomic E-state index is 1.43. The largest absolute Gasteiger partial charge is 0.0884 e. The Labute approximate surface area is 304 Å². The molecule has 0 unspecified atom stereocenters. The van der Waals surface area contributed by atoms with Crippen molar-refractivity contribution >= 4 is 188 Å². The van der Waals surface area contributed by atoms with Gasteiger partial charge in [0, 0.05) is 0 Å². The molecule has 0 N–H and O–H groups in total. The van der Waals surface area contributed by atoms with Crippen LogP contribution in [0.4, 0.5) is 0 Å². The van der Waals surface area contributed by atoms with Crippen molar-refractivity contribution in [2.24, 2.45) is 0 Å². The highest BCUT2D eigenvalue weighted by Gasteiger charge is 2.15. The smallest absolute Gasteiger partial charge is 0.0694 e. The van der Waals surface area contributed by atoms with Crippen molar-refractivity contribution in [2.75, 3.05) is 0 Å². The first-order valence-electron chi connectivity index (χ1n) is 10.7. The van der Waals surface area contributed by atoms with Crippen LogP contribution in [-0.2, 0) is 0 Å². The molecule has 40 heavy (non-hydrogen) atoms. The predicted molar refractivity (Wildman–Crippen MR) is 223 cm³/mol. The molecule has 8 aliphatic rings. The van der Waals surface area contributed by atoms with Gasteiger partial charge in [0.15, 0.2) is 0 Å². The standard InChI is InChI=1S/4C6H4S4/c4*1-2-8-5(7-1)6-9-3-4-10-6/h4*1-4H. The fourth-order valence-electron chi connectivity index (χ4n) is 2.43. The van der Waals surface area contributed by atoms with Crippen LogP contribution in [0.2, 0.25) is 0 Å². The van der Waals surface area contributed by atoms with Crippen molar-refractivity contribution in [3.8, 4) is 0 Å². The predicted octanol–water partition coefficient (Wildman–Crippen LogP) is 16.1. The normalized spacial score (nSPS) is 23.2. The van der Waals surface area contributed by atoms with Crippen LogP contribution in [0.3, 0.4) is 0 Å². The number of rotatable bonds is 0. The maximum absolute atomic E-state index is 2.13. The molecule has 0 fully saturated rings. The van der Waals surface area contributed by atoms with Gasteiger partial charge in [-0.25, -0.2) is 0 Å². The third-order valence-corrected chi connectivity index (χ3v) is 23.0. The zero-order valence-corrected chi connectivity index (χ0v) is 32.8. The molecular weight excluding hydrogens is 801 g/mol. The molecule has 8 rings (SSSR count). The molecule has 0 saturated carbocycles. The van der Waals surface area contributed by atoms with Crippen molar-refractivity contribution in [1.82, 2.24) is 0 Å². The molecule has 0 aromatic heterocycles. The van der Waals surface area contributed by atoms with Gasteiger partial charge in [-0.1, -0.05) is 188 Å². The summed E-state index contributed by atoms with van der Waals surface area (Å²) in [5.74, 6) is 0. The second kappa shape index (κ2) is 19.9. The van der Waals surface area contributed by atoms with E-state index in [1.165, 1.54) is 33.9 Å². The van der Waals surface area contributed by atoms with Crippen molar-refractivity contribution in [3.05, 3.63) is 120 Å². The molecule has 8 aliphatic heterocycles. The van der Waals surface area contributed by atoms with Crippen LogP contribution in [0.5, 0.6) is 0 Å². The van der Waals surface area contributed by atoms with Gasteiger partial charge in [-0.2, -0.15) is 0 Å². The second-order valence-corrected chi connectivity index (χ2v) is 23.1. The fraction of sp³-hybridized carbons (Fsp3) is 0. The molecule has 16 heteroatoms. The molecular formula is C24H16S16. The Morgan fingerprint density at radius 1 is 0.150 bits per heavy atom. The van der Waals surface area contributed by atoms with E-state index in [-0.39, 0.29) is 0 Å². The van der Waals surface area contributed by atoms with Gasteiger partial charge < -0.3 is 0 Å². The van der Waals surface area contributed by atoms with Crippen LogP contribution in [0.1, 0.15) is 0 Å². The number of hydrogen-bond donors (Lipinski definition) is 0. The maximum atomic E-state index is 2.13. The first kappa shape index (κ1) is 33.8. The molecule has 0 saturated heterocycles. The molecule has 0 atom stereocenters. The van der Waals surface area contributed by atoms with E-state index < -0.39 is 0 Å². The minimum Gasteiger partial charge on any atom is -0.0884 e. The lowest BCUT2D eigenvalue weighted by atomic mass is 11.2. The Morgan fingerprint density at radius 3 is 0.300 bits per heavy atom. The summed E-state index contributed by atoms with van der Waals surface area (Å²) in [7, 11) is 0. The van der Waals surface area contributed by atoms with E-state index in [0.29, 0.717) is 0 Å². The fourth-order valence-corrected chi connectivity index (χ4v) is 18.6. The molecule has 0 bridgehead atoms. The van der Waals surface area contributed by atoms with E-state index in [4.69, 9.17) is 0 Å². The van der Waals surface area contributed by atoms with Crippen molar-refractivity contribution < 1.29 is 0 Å². The molecule has 0 radical (unpaired) electrons. The third kappa shape index (κ3) is 11.4. The Kier molecular flexibility index (Phi) is 16.8. The third-order valence-electron chi connectivity index (χ3n) is 3.91. The highest BCUT2D eigenvalue weighted by Crippen LogP contribution is 2.52. The summed E-state index contributed by atoms with van der Waals surface area (Å²) in [6, 6.07) is 0. The SMILES string of the molecule is C1=CSC(=C2SC=CS2)S1.C1=CSC(=C2SC=CS2)S1.C1=CSC(=C2SC=CS2)S1.C1=CSC(=C2SC=CS2)S1. The molecule has 8 heterocycles. The van der Waals surface area contributed by atoms with Crippen LogP contribution < -0.4 is 0 Å². The summed E-state index contributed by atoms with van der Waals surface area (Å²) in [4.78, 5) is 0. The van der Waals surface area contributed by atoms with Crippen molar-refractivity contribution in [3.63, 3.8) is 0 Å². The highest BCUT2D eigenvalue weighted by atomic mass is 32.2. The Bertz CT molecular complexity index is 928. The van der Waals surface area contributed by atoms with Gasteiger partial charge in [0.1, 0.15) is 0 Å². The zero-order valence-electron chi connectivity index (χ0n) is 19.8. The Morgan fingerprint density at radius 2 is 0.225 bits per heavy atom. The van der Waals surface area contributed by atoms with Gasteiger partial charge in [0.05, 0.1) is 33.9 Å². The number of hydrogen-bond acceptors (Lipinski definition) is 16. The summed E-state index contributed by atoms with van der Waals surface area (Å²) in [6.07, 6.45) is 0. The van der Waals surface area contributed by atoms with Crippen LogP contribution in [0.15, 0.2) is 120 Å². The number of thioether (sulfide) groups is 16. The molecule has 0 aromatic carbocycles. The molecule has 0 amide bonds. The summed E-state index contributed by atoms with van der Waals surface area (Å²) < 4.78 is 11.4.